The first-order valence-electron chi connectivity index (χ1n) is 6.00. The summed E-state index contributed by atoms with van der Waals surface area (Å²) in [6, 6.07) is 20.1. The largest absolute Gasteiger partial charge is 0.319 e. The molecule has 0 bridgehead atoms. The topological polar surface area (TPSA) is 38.9 Å². The van der Waals surface area contributed by atoms with Crippen LogP contribution in [0, 0.1) is 0 Å². The van der Waals surface area contributed by atoms with Gasteiger partial charge in [0.25, 0.3) is 0 Å². The molecule has 2 heteroatoms. The van der Waals surface area contributed by atoms with Crippen molar-refractivity contribution in [3.05, 3.63) is 78.1 Å². The molecule has 2 N–H and O–H groups in total. The molecule has 1 heterocycles. The van der Waals surface area contributed by atoms with Gasteiger partial charge in [0.15, 0.2) is 0 Å². The van der Waals surface area contributed by atoms with Crippen molar-refractivity contribution in [2.45, 2.75) is 6.04 Å². The molecule has 18 heavy (non-hydrogen) atoms. The smallest absolute Gasteiger partial charge is 0.0732 e. The van der Waals surface area contributed by atoms with E-state index in [-0.39, 0.29) is 6.04 Å². The Bertz CT molecular complexity index is 657. The van der Waals surface area contributed by atoms with Crippen LogP contribution in [0.25, 0.3) is 10.8 Å². The Labute approximate surface area is 106 Å². The molecule has 1 atom stereocenters. The molecule has 0 spiro atoms. The van der Waals surface area contributed by atoms with Gasteiger partial charge in [0.2, 0.25) is 0 Å². The molecule has 1 aromatic heterocycles. The minimum Gasteiger partial charge on any atom is -0.319 e. The second kappa shape index (κ2) is 4.59. The van der Waals surface area contributed by atoms with Crippen LogP contribution in [0.1, 0.15) is 17.3 Å². The molecule has 0 radical (unpaired) electrons. The minimum atomic E-state index is -0.183. The van der Waals surface area contributed by atoms with Crippen LogP contribution >= 0.6 is 0 Å². The Hall–Kier alpha value is -2.19. The third-order valence-electron chi connectivity index (χ3n) is 3.16. The first-order valence-corrected chi connectivity index (χ1v) is 6.00. The van der Waals surface area contributed by atoms with Crippen LogP contribution in [-0.4, -0.2) is 4.98 Å². The van der Waals surface area contributed by atoms with E-state index in [0.717, 1.165) is 16.6 Å². The quantitative estimate of drug-likeness (QED) is 0.739. The van der Waals surface area contributed by atoms with Crippen molar-refractivity contribution in [1.29, 1.82) is 0 Å². The van der Waals surface area contributed by atoms with Crippen molar-refractivity contribution in [1.82, 2.24) is 4.98 Å². The van der Waals surface area contributed by atoms with Crippen molar-refractivity contribution < 1.29 is 0 Å². The van der Waals surface area contributed by atoms with Gasteiger partial charge in [-0.1, -0.05) is 54.6 Å². The molecular weight excluding hydrogens is 220 g/mol. The normalized spacial score (nSPS) is 12.5. The number of pyridine rings is 1. The van der Waals surface area contributed by atoms with E-state index >= 15 is 0 Å². The number of fused-ring (bicyclic) bond motifs is 1. The standard InChI is InChI=1S/C16H14N2/c17-15(13-7-2-1-3-8-13)16-14-9-5-4-6-12(14)10-11-18-16/h1-11,15H,17H2. The van der Waals surface area contributed by atoms with Crippen molar-refractivity contribution in [2.24, 2.45) is 5.73 Å². The molecule has 1 unspecified atom stereocenters. The van der Waals surface area contributed by atoms with Gasteiger partial charge in [-0.3, -0.25) is 4.98 Å². The fraction of sp³-hybridized carbons (Fsp3) is 0.0625. The SMILES string of the molecule is NC(c1ccccc1)c1nccc2ccccc12. The van der Waals surface area contributed by atoms with E-state index in [1.54, 1.807) is 0 Å². The highest BCUT2D eigenvalue weighted by Crippen LogP contribution is 2.24. The number of rotatable bonds is 2. The Balaban J connectivity index is 2.15. The summed E-state index contributed by atoms with van der Waals surface area (Å²) in [7, 11) is 0. The molecule has 3 rings (SSSR count). The maximum Gasteiger partial charge on any atom is 0.0732 e. The average Bonchev–Trinajstić information content (AvgIpc) is 2.47. The van der Waals surface area contributed by atoms with Gasteiger partial charge in [-0.2, -0.15) is 0 Å². The molecule has 0 aliphatic heterocycles. The lowest BCUT2D eigenvalue weighted by molar-refractivity contribution is 0.840. The maximum atomic E-state index is 6.32. The van der Waals surface area contributed by atoms with Crippen LogP contribution in [0.5, 0.6) is 0 Å². The summed E-state index contributed by atoms with van der Waals surface area (Å²) < 4.78 is 0. The minimum absolute atomic E-state index is 0.183. The van der Waals surface area contributed by atoms with Gasteiger partial charge in [0.05, 0.1) is 11.7 Å². The number of benzene rings is 2. The molecule has 0 amide bonds. The predicted octanol–water partition coefficient (Wildman–Crippen LogP) is 3.28. The first kappa shape index (κ1) is 10.9. The van der Waals surface area contributed by atoms with E-state index in [9.17, 15) is 0 Å². The predicted molar refractivity (Wildman–Crippen MR) is 74.2 cm³/mol. The second-order valence-electron chi connectivity index (χ2n) is 4.31. The van der Waals surface area contributed by atoms with E-state index in [4.69, 9.17) is 5.73 Å². The van der Waals surface area contributed by atoms with E-state index in [2.05, 4.69) is 17.1 Å². The average molecular weight is 234 g/mol. The molecule has 0 aliphatic carbocycles. The number of hydrogen-bond acceptors (Lipinski definition) is 2. The van der Waals surface area contributed by atoms with Gasteiger partial charge in [-0.05, 0) is 17.0 Å². The number of hydrogen-bond donors (Lipinski definition) is 1. The van der Waals surface area contributed by atoms with Crippen LogP contribution in [0.3, 0.4) is 0 Å². The lowest BCUT2D eigenvalue weighted by Gasteiger charge is -2.13. The fourth-order valence-corrected chi connectivity index (χ4v) is 2.21. The summed E-state index contributed by atoms with van der Waals surface area (Å²) in [4.78, 5) is 4.46. The van der Waals surface area contributed by atoms with Gasteiger partial charge >= 0.3 is 0 Å². The summed E-state index contributed by atoms with van der Waals surface area (Å²) in [5, 5.41) is 2.30. The highest BCUT2D eigenvalue weighted by Gasteiger charge is 2.12. The zero-order valence-electron chi connectivity index (χ0n) is 9.95. The van der Waals surface area contributed by atoms with E-state index < -0.39 is 0 Å². The number of aromatic nitrogens is 1. The van der Waals surface area contributed by atoms with Crippen molar-refractivity contribution in [2.75, 3.05) is 0 Å². The zero-order chi connectivity index (χ0) is 12.4. The van der Waals surface area contributed by atoms with Crippen molar-refractivity contribution in [3.63, 3.8) is 0 Å². The Morgan fingerprint density at radius 1 is 0.833 bits per heavy atom. The summed E-state index contributed by atoms with van der Waals surface area (Å²) >= 11 is 0. The third kappa shape index (κ3) is 1.87. The van der Waals surface area contributed by atoms with E-state index in [0.29, 0.717) is 0 Å². The molecule has 0 saturated carbocycles. The van der Waals surface area contributed by atoms with Crippen LogP contribution in [0.15, 0.2) is 66.9 Å². The van der Waals surface area contributed by atoms with Crippen molar-refractivity contribution >= 4 is 10.8 Å². The van der Waals surface area contributed by atoms with Crippen molar-refractivity contribution in [3.8, 4) is 0 Å². The molecule has 2 nitrogen and oxygen atoms in total. The summed E-state index contributed by atoms with van der Waals surface area (Å²) in [6.45, 7) is 0. The molecule has 0 aliphatic rings. The first-order chi connectivity index (χ1) is 8.86. The van der Waals surface area contributed by atoms with Crippen LogP contribution in [0.2, 0.25) is 0 Å². The molecule has 3 aromatic rings. The lowest BCUT2D eigenvalue weighted by Crippen LogP contribution is -2.13. The second-order valence-corrected chi connectivity index (χ2v) is 4.31. The lowest BCUT2D eigenvalue weighted by atomic mass is 9.99. The molecular formula is C16H14N2. The van der Waals surface area contributed by atoms with Crippen LogP contribution < -0.4 is 5.73 Å². The Kier molecular flexibility index (Phi) is 2.79. The van der Waals surface area contributed by atoms with Gasteiger partial charge in [0.1, 0.15) is 0 Å². The van der Waals surface area contributed by atoms with E-state index in [1.165, 1.54) is 5.39 Å². The molecule has 0 saturated heterocycles. The molecule has 88 valence electrons. The molecule has 0 fully saturated rings. The summed E-state index contributed by atoms with van der Waals surface area (Å²) in [5.41, 5.74) is 8.33. The Morgan fingerprint density at radius 3 is 2.39 bits per heavy atom. The number of nitrogens with two attached hydrogens (primary N) is 1. The van der Waals surface area contributed by atoms with Gasteiger partial charge < -0.3 is 5.73 Å². The van der Waals surface area contributed by atoms with Crippen LogP contribution in [0.4, 0.5) is 0 Å². The zero-order valence-corrected chi connectivity index (χ0v) is 9.95. The third-order valence-corrected chi connectivity index (χ3v) is 3.16. The summed E-state index contributed by atoms with van der Waals surface area (Å²) in [6.07, 6.45) is 1.82. The monoisotopic (exact) mass is 234 g/mol. The fourth-order valence-electron chi connectivity index (χ4n) is 2.21. The van der Waals surface area contributed by atoms with Gasteiger partial charge in [-0.25, -0.2) is 0 Å². The van der Waals surface area contributed by atoms with Crippen LogP contribution in [-0.2, 0) is 0 Å². The highest BCUT2D eigenvalue weighted by atomic mass is 14.8. The summed E-state index contributed by atoms with van der Waals surface area (Å²) in [5.74, 6) is 0. The Morgan fingerprint density at radius 2 is 1.56 bits per heavy atom. The highest BCUT2D eigenvalue weighted by molar-refractivity contribution is 5.85. The number of nitrogens with zero attached hydrogens (tertiary/aromatic N) is 1. The van der Waals surface area contributed by atoms with Gasteiger partial charge in [0, 0.05) is 11.6 Å². The van der Waals surface area contributed by atoms with E-state index in [1.807, 2.05) is 54.7 Å². The molecule has 2 aromatic carbocycles. The van der Waals surface area contributed by atoms with Gasteiger partial charge in [-0.15, -0.1) is 0 Å². The maximum absolute atomic E-state index is 6.32.